The Hall–Kier alpha value is -2.31. The summed E-state index contributed by atoms with van der Waals surface area (Å²) in [6, 6.07) is 9.83. The Kier molecular flexibility index (Phi) is 6.16. The van der Waals surface area contributed by atoms with Crippen LogP contribution in [0.25, 0.3) is 11.1 Å². The summed E-state index contributed by atoms with van der Waals surface area (Å²) in [6.45, 7) is 9.78. The van der Waals surface area contributed by atoms with Gasteiger partial charge in [0, 0.05) is 50.9 Å². The number of carbonyl (C=O) groups is 1. The van der Waals surface area contributed by atoms with Gasteiger partial charge in [-0.05, 0) is 55.2 Å². The standard InChI is InChI=1S/C24H29F2N3O/c1-17(2)28-9-11-29(12-10-28)24(30)16-27-8-7-18-13-19(3-4-20(18)15-27)22-14-21(25)5-6-23(22)26/h3-6,13-14,17H,7-12,15-16H2,1-2H3. The number of rotatable bonds is 4. The molecule has 0 bridgehead atoms. The van der Waals surface area contributed by atoms with Gasteiger partial charge in [-0.1, -0.05) is 18.2 Å². The molecular formula is C24H29F2N3O. The van der Waals surface area contributed by atoms with E-state index in [9.17, 15) is 13.6 Å². The van der Waals surface area contributed by atoms with E-state index in [2.05, 4.69) is 23.6 Å². The van der Waals surface area contributed by atoms with Gasteiger partial charge in [-0.25, -0.2) is 8.78 Å². The van der Waals surface area contributed by atoms with Gasteiger partial charge < -0.3 is 4.90 Å². The van der Waals surface area contributed by atoms with Crippen LogP contribution in [0.2, 0.25) is 0 Å². The zero-order chi connectivity index (χ0) is 21.3. The minimum Gasteiger partial charge on any atom is -0.339 e. The average molecular weight is 414 g/mol. The second-order valence-electron chi connectivity index (χ2n) is 8.58. The Morgan fingerprint density at radius 1 is 0.967 bits per heavy atom. The number of halogens is 2. The maximum atomic E-state index is 14.1. The Balaban J connectivity index is 1.38. The van der Waals surface area contributed by atoms with Crippen LogP contribution in [0.5, 0.6) is 0 Å². The van der Waals surface area contributed by atoms with Gasteiger partial charge in [0.05, 0.1) is 6.54 Å². The topological polar surface area (TPSA) is 26.8 Å². The molecule has 0 atom stereocenters. The number of carbonyl (C=O) groups excluding carboxylic acids is 1. The van der Waals surface area contributed by atoms with Gasteiger partial charge in [-0.15, -0.1) is 0 Å². The highest BCUT2D eigenvalue weighted by Gasteiger charge is 2.25. The molecule has 1 saturated heterocycles. The minimum atomic E-state index is -0.442. The van der Waals surface area contributed by atoms with Crippen molar-refractivity contribution in [3.8, 4) is 11.1 Å². The van der Waals surface area contributed by atoms with Gasteiger partial charge in [-0.3, -0.25) is 14.6 Å². The van der Waals surface area contributed by atoms with Crippen LogP contribution in [0.15, 0.2) is 36.4 Å². The maximum Gasteiger partial charge on any atom is 0.236 e. The van der Waals surface area contributed by atoms with Crippen LogP contribution >= 0.6 is 0 Å². The van der Waals surface area contributed by atoms with Crippen molar-refractivity contribution in [2.45, 2.75) is 32.9 Å². The molecule has 30 heavy (non-hydrogen) atoms. The van der Waals surface area contributed by atoms with E-state index in [1.807, 2.05) is 23.1 Å². The van der Waals surface area contributed by atoms with Crippen LogP contribution in [-0.2, 0) is 17.8 Å². The lowest BCUT2D eigenvalue weighted by Crippen LogP contribution is -2.53. The van der Waals surface area contributed by atoms with Crippen LogP contribution in [-0.4, -0.2) is 65.9 Å². The first-order valence-corrected chi connectivity index (χ1v) is 10.7. The first-order chi connectivity index (χ1) is 14.4. The predicted octanol–water partition coefficient (Wildman–Crippen LogP) is 3.54. The number of hydrogen-bond acceptors (Lipinski definition) is 3. The molecular weight excluding hydrogens is 384 g/mol. The van der Waals surface area contributed by atoms with Crippen molar-refractivity contribution < 1.29 is 13.6 Å². The van der Waals surface area contributed by atoms with Crippen molar-refractivity contribution in [3.05, 3.63) is 59.2 Å². The third-order valence-electron chi connectivity index (χ3n) is 6.29. The van der Waals surface area contributed by atoms with Gasteiger partial charge >= 0.3 is 0 Å². The van der Waals surface area contributed by atoms with Crippen molar-refractivity contribution in [3.63, 3.8) is 0 Å². The summed E-state index contributed by atoms with van der Waals surface area (Å²) in [5.41, 5.74) is 3.28. The first kappa shape index (κ1) is 20.9. The average Bonchev–Trinajstić information content (AvgIpc) is 2.75. The largest absolute Gasteiger partial charge is 0.339 e. The Bertz CT molecular complexity index is 923. The lowest BCUT2D eigenvalue weighted by atomic mass is 9.94. The van der Waals surface area contributed by atoms with E-state index in [0.717, 1.165) is 56.3 Å². The Morgan fingerprint density at radius 3 is 2.47 bits per heavy atom. The van der Waals surface area contributed by atoms with E-state index in [0.29, 0.717) is 24.7 Å². The van der Waals surface area contributed by atoms with Crippen molar-refractivity contribution in [2.24, 2.45) is 0 Å². The summed E-state index contributed by atoms with van der Waals surface area (Å²) >= 11 is 0. The number of amides is 1. The molecule has 2 aromatic rings. The Labute approximate surface area is 177 Å². The molecule has 0 N–H and O–H groups in total. The molecule has 6 heteroatoms. The Morgan fingerprint density at radius 2 is 1.73 bits per heavy atom. The van der Waals surface area contributed by atoms with E-state index in [-0.39, 0.29) is 11.5 Å². The predicted molar refractivity (Wildman–Crippen MR) is 114 cm³/mol. The lowest BCUT2D eigenvalue weighted by Gasteiger charge is -2.38. The van der Waals surface area contributed by atoms with E-state index in [1.54, 1.807) is 0 Å². The molecule has 2 heterocycles. The molecule has 160 valence electrons. The number of hydrogen-bond donors (Lipinski definition) is 0. The van der Waals surface area contributed by atoms with E-state index in [1.165, 1.54) is 12.1 Å². The first-order valence-electron chi connectivity index (χ1n) is 10.7. The minimum absolute atomic E-state index is 0.195. The molecule has 2 aliphatic rings. The van der Waals surface area contributed by atoms with Gasteiger partial charge in [0.15, 0.2) is 0 Å². The van der Waals surface area contributed by atoms with Crippen LogP contribution in [0.1, 0.15) is 25.0 Å². The normalized spacial score (nSPS) is 18.0. The molecule has 4 rings (SSSR count). The van der Waals surface area contributed by atoms with Gasteiger partial charge in [-0.2, -0.15) is 0 Å². The fourth-order valence-electron chi connectivity index (χ4n) is 4.41. The van der Waals surface area contributed by atoms with E-state index >= 15 is 0 Å². The molecule has 2 aliphatic heterocycles. The number of fused-ring (bicyclic) bond motifs is 1. The van der Waals surface area contributed by atoms with Crippen LogP contribution in [0.3, 0.4) is 0 Å². The highest BCUT2D eigenvalue weighted by atomic mass is 19.1. The van der Waals surface area contributed by atoms with Crippen molar-refractivity contribution >= 4 is 5.91 Å². The fraction of sp³-hybridized carbons (Fsp3) is 0.458. The summed E-state index contributed by atoms with van der Waals surface area (Å²) < 4.78 is 27.7. The summed E-state index contributed by atoms with van der Waals surface area (Å²) in [5, 5.41) is 0. The van der Waals surface area contributed by atoms with Gasteiger partial charge in [0.1, 0.15) is 11.6 Å². The molecule has 0 saturated carbocycles. The monoisotopic (exact) mass is 413 g/mol. The number of piperazine rings is 1. The smallest absolute Gasteiger partial charge is 0.236 e. The summed E-state index contributed by atoms with van der Waals surface area (Å²) in [7, 11) is 0. The van der Waals surface area contributed by atoms with E-state index in [4.69, 9.17) is 0 Å². The lowest BCUT2D eigenvalue weighted by molar-refractivity contribution is -0.134. The van der Waals surface area contributed by atoms with Gasteiger partial charge in [0.25, 0.3) is 0 Å². The third-order valence-corrected chi connectivity index (χ3v) is 6.29. The molecule has 0 radical (unpaired) electrons. The number of benzene rings is 2. The zero-order valence-electron chi connectivity index (χ0n) is 17.7. The molecule has 0 unspecified atom stereocenters. The molecule has 0 spiro atoms. The van der Waals surface area contributed by atoms with Crippen LogP contribution in [0, 0.1) is 11.6 Å². The van der Waals surface area contributed by atoms with Crippen molar-refractivity contribution in [1.82, 2.24) is 14.7 Å². The summed E-state index contributed by atoms with van der Waals surface area (Å²) in [4.78, 5) is 19.3. The van der Waals surface area contributed by atoms with Crippen LogP contribution in [0.4, 0.5) is 8.78 Å². The second-order valence-corrected chi connectivity index (χ2v) is 8.58. The molecule has 4 nitrogen and oxygen atoms in total. The second kappa shape index (κ2) is 8.82. The van der Waals surface area contributed by atoms with Crippen LogP contribution < -0.4 is 0 Å². The highest BCUT2D eigenvalue weighted by Crippen LogP contribution is 2.28. The number of nitrogens with zero attached hydrogens (tertiary/aromatic N) is 3. The third kappa shape index (κ3) is 4.55. The quantitative estimate of drug-likeness (QED) is 0.767. The van der Waals surface area contributed by atoms with Gasteiger partial charge in [0.2, 0.25) is 5.91 Å². The SMILES string of the molecule is CC(C)N1CCN(C(=O)CN2CCc3cc(-c4cc(F)ccc4F)ccc3C2)CC1. The molecule has 0 aliphatic carbocycles. The molecule has 1 fully saturated rings. The summed E-state index contributed by atoms with van der Waals surface area (Å²) in [6.07, 6.45) is 0.800. The molecule has 2 aromatic carbocycles. The molecule has 0 aromatic heterocycles. The molecule has 1 amide bonds. The highest BCUT2D eigenvalue weighted by molar-refractivity contribution is 5.78. The van der Waals surface area contributed by atoms with E-state index < -0.39 is 11.6 Å². The fourth-order valence-corrected chi connectivity index (χ4v) is 4.41. The van der Waals surface area contributed by atoms with Crippen molar-refractivity contribution in [2.75, 3.05) is 39.3 Å². The maximum absolute atomic E-state index is 14.1. The zero-order valence-corrected chi connectivity index (χ0v) is 17.7. The van der Waals surface area contributed by atoms with Crippen molar-refractivity contribution in [1.29, 1.82) is 0 Å². The summed E-state index contributed by atoms with van der Waals surface area (Å²) in [5.74, 6) is -0.666.